The summed E-state index contributed by atoms with van der Waals surface area (Å²) in [5.74, 6) is -0.795. The van der Waals surface area contributed by atoms with Crippen molar-refractivity contribution in [2.45, 2.75) is 0 Å². The Morgan fingerprint density at radius 1 is 0.786 bits per heavy atom. The topological polar surface area (TPSA) is 101 Å². The quantitative estimate of drug-likeness (QED) is 0.480. The number of amides is 2. The van der Waals surface area contributed by atoms with Crippen molar-refractivity contribution < 1.29 is 14.5 Å². The number of nitro benzene ring substituents is 1. The molecule has 0 atom stereocenters. The van der Waals surface area contributed by atoms with Crippen LogP contribution in [0, 0.1) is 10.1 Å². The van der Waals surface area contributed by atoms with Crippen LogP contribution < -0.4 is 10.6 Å². The Balaban J connectivity index is 1.71. The fraction of sp³-hybridized carbons (Fsp3) is 0. The molecule has 0 saturated carbocycles. The molecule has 0 radical (unpaired) electrons. The van der Waals surface area contributed by atoms with Gasteiger partial charge in [-0.25, -0.2) is 0 Å². The molecular weight excluding hydrogens is 382 g/mol. The molecule has 3 rings (SSSR count). The van der Waals surface area contributed by atoms with Gasteiger partial charge in [-0.05, 0) is 48.5 Å². The summed E-state index contributed by atoms with van der Waals surface area (Å²) in [4.78, 5) is 34.9. The minimum Gasteiger partial charge on any atom is -0.322 e. The highest BCUT2D eigenvalue weighted by molar-refractivity contribution is 6.31. The van der Waals surface area contributed by atoms with Crippen LogP contribution in [0.2, 0.25) is 5.02 Å². The third-order valence-corrected chi connectivity index (χ3v) is 4.04. The van der Waals surface area contributed by atoms with Crippen LogP contribution >= 0.6 is 11.6 Å². The van der Waals surface area contributed by atoms with Crippen molar-refractivity contribution in [3.8, 4) is 0 Å². The standard InChI is InChI=1S/C20H14ClN3O4/c21-15-4-2-6-17(12-15)23-20(26)14-3-1-5-16(11-14)22-19(25)13-7-9-18(10-8-13)24(27)28/h1-12H,(H,22,25)(H,23,26). The molecule has 28 heavy (non-hydrogen) atoms. The van der Waals surface area contributed by atoms with Gasteiger partial charge in [0.05, 0.1) is 4.92 Å². The lowest BCUT2D eigenvalue weighted by molar-refractivity contribution is -0.384. The van der Waals surface area contributed by atoms with E-state index in [2.05, 4.69) is 10.6 Å². The molecule has 0 aliphatic heterocycles. The van der Waals surface area contributed by atoms with E-state index in [0.717, 1.165) is 0 Å². The van der Waals surface area contributed by atoms with E-state index < -0.39 is 10.8 Å². The lowest BCUT2D eigenvalue weighted by Crippen LogP contribution is -2.14. The van der Waals surface area contributed by atoms with E-state index in [9.17, 15) is 19.7 Å². The number of carbonyl (C=O) groups excluding carboxylic acids is 2. The fourth-order valence-corrected chi connectivity index (χ4v) is 2.64. The van der Waals surface area contributed by atoms with Gasteiger partial charge >= 0.3 is 0 Å². The molecule has 0 aliphatic rings. The first-order valence-corrected chi connectivity index (χ1v) is 8.53. The minimum atomic E-state index is -0.538. The highest BCUT2D eigenvalue weighted by atomic mass is 35.5. The van der Waals surface area contributed by atoms with Gasteiger partial charge in [-0.3, -0.25) is 19.7 Å². The van der Waals surface area contributed by atoms with Crippen molar-refractivity contribution in [1.82, 2.24) is 0 Å². The van der Waals surface area contributed by atoms with Gasteiger partial charge in [0.2, 0.25) is 0 Å². The fourth-order valence-electron chi connectivity index (χ4n) is 2.45. The first kappa shape index (κ1) is 19.1. The molecule has 2 N–H and O–H groups in total. The maximum Gasteiger partial charge on any atom is 0.269 e. The number of non-ortho nitro benzene ring substituents is 1. The van der Waals surface area contributed by atoms with Crippen molar-refractivity contribution in [3.05, 3.63) is 99.1 Å². The summed E-state index contributed by atoms with van der Waals surface area (Å²) in [5, 5.41) is 16.6. The lowest BCUT2D eigenvalue weighted by Gasteiger charge is -2.09. The number of benzene rings is 3. The number of anilines is 2. The van der Waals surface area contributed by atoms with Crippen molar-refractivity contribution in [2.75, 3.05) is 10.6 Å². The Labute approximate surface area is 165 Å². The van der Waals surface area contributed by atoms with Crippen molar-refractivity contribution in [1.29, 1.82) is 0 Å². The third-order valence-electron chi connectivity index (χ3n) is 3.81. The Hall–Kier alpha value is -3.71. The SMILES string of the molecule is O=C(Nc1cccc(C(=O)Nc2cccc(Cl)c2)c1)c1ccc([N+](=O)[O-])cc1. The van der Waals surface area contributed by atoms with E-state index in [1.54, 1.807) is 42.5 Å². The molecule has 0 fully saturated rings. The predicted molar refractivity (Wildman–Crippen MR) is 107 cm³/mol. The monoisotopic (exact) mass is 395 g/mol. The van der Waals surface area contributed by atoms with Crippen molar-refractivity contribution in [2.24, 2.45) is 0 Å². The number of hydrogen-bond acceptors (Lipinski definition) is 4. The zero-order valence-corrected chi connectivity index (χ0v) is 15.1. The highest BCUT2D eigenvalue weighted by Crippen LogP contribution is 2.18. The zero-order valence-electron chi connectivity index (χ0n) is 14.4. The van der Waals surface area contributed by atoms with Crippen LogP contribution in [0.4, 0.5) is 17.1 Å². The number of halogens is 1. The first-order chi connectivity index (χ1) is 13.4. The molecule has 2 amide bonds. The summed E-state index contributed by atoms with van der Waals surface area (Å²) < 4.78 is 0. The zero-order chi connectivity index (χ0) is 20.1. The number of nitrogens with one attached hydrogen (secondary N) is 2. The molecule has 0 unspecified atom stereocenters. The van der Waals surface area contributed by atoms with Gasteiger partial charge in [0, 0.05) is 39.7 Å². The number of hydrogen-bond donors (Lipinski definition) is 2. The molecule has 140 valence electrons. The summed E-state index contributed by atoms with van der Waals surface area (Å²) in [6.07, 6.45) is 0. The van der Waals surface area contributed by atoms with Gasteiger partial charge in [-0.2, -0.15) is 0 Å². The molecule has 0 aliphatic carbocycles. The summed E-state index contributed by atoms with van der Waals surface area (Å²) in [5.41, 5.74) is 1.48. The maximum absolute atomic E-state index is 12.4. The highest BCUT2D eigenvalue weighted by Gasteiger charge is 2.12. The summed E-state index contributed by atoms with van der Waals surface area (Å²) >= 11 is 5.91. The summed E-state index contributed by atoms with van der Waals surface area (Å²) in [6, 6.07) is 18.4. The van der Waals surface area contributed by atoms with Crippen LogP contribution in [-0.2, 0) is 0 Å². The Morgan fingerprint density at radius 2 is 1.36 bits per heavy atom. The van der Waals surface area contributed by atoms with Crippen molar-refractivity contribution >= 4 is 40.5 Å². The molecule has 0 spiro atoms. The molecule has 0 heterocycles. The largest absolute Gasteiger partial charge is 0.322 e. The smallest absolute Gasteiger partial charge is 0.269 e. The molecular formula is C20H14ClN3O4. The Bertz CT molecular complexity index is 1050. The molecule has 8 heteroatoms. The average molecular weight is 396 g/mol. The second kappa shape index (κ2) is 8.32. The van der Waals surface area contributed by atoms with E-state index in [-0.39, 0.29) is 17.2 Å². The molecule has 7 nitrogen and oxygen atoms in total. The molecule has 3 aromatic rings. The van der Waals surface area contributed by atoms with Gasteiger partial charge in [-0.1, -0.05) is 23.7 Å². The molecule has 3 aromatic carbocycles. The van der Waals surface area contributed by atoms with Crippen LogP contribution in [0.25, 0.3) is 0 Å². The van der Waals surface area contributed by atoms with Crippen LogP contribution in [-0.4, -0.2) is 16.7 Å². The second-order valence-electron chi connectivity index (χ2n) is 5.80. The summed E-state index contributed by atoms with van der Waals surface area (Å²) in [6.45, 7) is 0. The summed E-state index contributed by atoms with van der Waals surface area (Å²) in [7, 11) is 0. The molecule has 0 aromatic heterocycles. The van der Waals surface area contributed by atoms with Gasteiger partial charge in [0.15, 0.2) is 0 Å². The van der Waals surface area contributed by atoms with Crippen LogP contribution in [0.1, 0.15) is 20.7 Å². The Morgan fingerprint density at radius 3 is 1.96 bits per heavy atom. The van der Waals surface area contributed by atoms with E-state index in [1.165, 1.54) is 30.3 Å². The van der Waals surface area contributed by atoms with Crippen molar-refractivity contribution in [3.63, 3.8) is 0 Å². The number of nitrogens with zero attached hydrogens (tertiary/aromatic N) is 1. The normalized spacial score (nSPS) is 10.2. The number of carbonyl (C=O) groups is 2. The minimum absolute atomic E-state index is 0.101. The van der Waals surface area contributed by atoms with Crippen LogP contribution in [0.15, 0.2) is 72.8 Å². The second-order valence-corrected chi connectivity index (χ2v) is 6.24. The number of rotatable bonds is 5. The Kier molecular flexibility index (Phi) is 5.67. The number of nitro groups is 1. The maximum atomic E-state index is 12.4. The third kappa shape index (κ3) is 4.72. The lowest BCUT2D eigenvalue weighted by atomic mass is 10.1. The average Bonchev–Trinajstić information content (AvgIpc) is 2.68. The first-order valence-electron chi connectivity index (χ1n) is 8.15. The van der Waals surface area contributed by atoms with E-state index >= 15 is 0 Å². The van der Waals surface area contributed by atoms with E-state index in [0.29, 0.717) is 22.0 Å². The molecule has 0 bridgehead atoms. The van der Waals surface area contributed by atoms with Gasteiger partial charge in [0.1, 0.15) is 0 Å². The van der Waals surface area contributed by atoms with Gasteiger partial charge in [0.25, 0.3) is 17.5 Å². The predicted octanol–water partition coefficient (Wildman–Crippen LogP) is 4.75. The van der Waals surface area contributed by atoms with Gasteiger partial charge in [-0.15, -0.1) is 0 Å². The van der Waals surface area contributed by atoms with Crippen LogP contribution in [0.3, 0.4) is 0 Å². The van der Waals surface area contributed by atoms with E-state index in [1.807, 2.05) is 0 Å². The van der Waals surface area contributed by atoms with Crippen LogP contribution in [0.5, 0.6) is 0 Å². The van der Waals surface area contributed by atoms with Gasteiger partial charge < -0.3 is 10.6 Å². The van der Waals surface area contributed by atoms with E-state index in [4.69, 9.17) is 11.6 Å². The molecule has 0 saturated heterocycles.